The molecule has 0 unspecified atom stereocenters. The molecule has 0 aliphatic carbocycles. The smallest absolute Gasteiger partial charge is 0.258 e. The van der Waals surface area contributed by atoms with Crippen LogP contribution in [0.25, 0.3) is 0 Å². The van der Waals surface area contributed by atoms with Crippen molar-refractivity contribution in [2.24, 2.45) is 5.92 Å². The zero-order valence-corrected chi connectivity index (χ0v) is 13.4. The Morgan fingerprint density at radius 2 is 1.68 bits per heavy atom. The molecule has 2 aromatic carbocycles. The number of ether oxygens (including phenoxy) is 1. The van der Waals surface area contributed by atoms with Gasteiger partial charge in [-0.1, -0.05) is 62.4 Å². The average Bonchev–Trinajstić information content (AvgIpc) is 2.52. The zero-order chi connectivity index (χ0) is 15.9. The highest BCUT2D eigenvalue weighted by molar-refractivity contribution is 5.78. The quantitative estimate of drug-likeness (QED) is 0.878. The fourth-order valence-electron chi connectivity index (χ4n) is 2.37. The molecule has 0 aliphatic rings. The fourth-order valence-corrected chi connectivity index (χ4v) is 2.37. The van der Waals surface area contributed by atoms with Crippen LogP contribution in [0.1, 0.15) is 31.0 Å². The van der Waals surface area contributed by atoms with E-state index in [-0.39, 0.29) is 18.6 Å². The molecule has 22 heavy (non-hydrogen) atoms. The van der Waals surface area contributed by atoms with Crippen LogP contribution < -0.4 is 10.1 Å². The van der Waals surface area contributed by atoms with Crippen LogP contribution in [-0.4, -0.2) is 12.5 Å². The molecule has 116 valence electrons. The van der Waals surface area contributed by atoms with Crippen LogP contribution in [0, 0.1) is 12.8 Å². The summed E-state index contributed by atoms with van der Waals surface area (Å²) in [5, 5.41) is 3.06. The summed E-state index contributed by atoms with van der Waals surface area (Å²) >= 11 is 0. The summed E-state index contributed by atoms with van der Waals surface area (Å²) in [6.45, 7) is 6.19. The molecular weight excluding hydrogens is 274 g/mol. The van der Waals surface area contributed by atoms with Crippen molar-refractivity contribution in [2.45, 2.75) is 26.8 Å². The van der Waals surface area contributed by atoms with Crippen molar-refractivity contribution in [3.8, 4) is 5.75 Å². The fraction of sp³-hybridized carbons (Fsp3) is 0.316. The van der Waals surface area contributed by atoms with Gasteiger partial charge < -0.3 is 10.1 Å². The van der Waals surface area contributed by atoms with Crippen molar-refractivity contribution in [2.75, 3.05) is 6.61 Å². The van der Waals surface area contributed by atoms with E-state index in [9.17, 15) is 4.79 Å². The van der Waals surface area contributed by atoms with Crippen LogP contribution in [0.2, 0.25) is 0 Å². The number of nitrogens with one attached hydrogen (secondary N) is 1. The van der Waals surface area contributed by atoms with Gasteiger partial charge in [0.2, 0.25) is 0 Å². The zero-order valence-electron chi connectivity index (χ0n) is 13.4. The van der Waals surface area contributed by atoms with Gasteiger partial charge in [0.25, 0.3) is 5.91 Å². The summed E-state index contributed by atoms with van der Waals surface area (Å²) < 4.78 is 5.60. The highest BCUT2D eigenvalue weighted by Crippen LogP contribution is 2.21. The van der Waals surface area contributed by atoms with E-state index >= 15 is 0 Å². The predicted octanol–water partition coefficient (Wildman–Crippen LogP) is 3.89. The van der Waals surface area contributed by atoms with E-state index in [1.54, 1.807) is 0 Å². The number of carbonyl (C=O) groups excluding carboxylic acids is 1. The van der Waals surface area contributed by atoms with Crippen LogP contribution in [0.4, 0.5) is 0 Å². The first-order chi connectivity index (χ1) is 10.6. The number of aryl methyl sites for hydroxylation is 1. The topological polar surface area (TPSA) is 38.3 Å². The number of amides is 1. The van der Waals surface area contributed by atoms with Crippen molar-refractivity contribution in [3.05, 3.63) is 65.7 Å². The van der Waals surface area contributed by atoms with Crippen LogP contribution in [0.5, 0.6) is 5.75 Å². The molecule has 0 bridgehead atoms. The number of para-hydroxylation sites is 1. The van der Waals surface area contributed by atoms with Gasteiger partial charge in [0, 0.05) is 0 Å². The number of rotatable bonds is 6. The second-order valence-corrected chi connectivity index (χ2v) is 5.75. The molecule has 1 amide bonds. The first-order valence-corrected chi connectivity index (χ1v) is 7.60. The number of benzene rings is 2. The molecule has 1 N–H and O–H groups in total. The molecule has 0 radical (unpaired) electrons. The van der Waals surface area contributed by atoms with Crippen LogP contribution in [0.15, 0.2) is 54.6 Å². The van der Waals surface area contributed by atoms with Crippen LogP contribution in [-0.2, 0) is 4.79 Å². The number of hydrogen-bond acceptors (Lipinski definition) is 2. The van der Waals surface area contributed by atoms with Gasteiger partial charge in [-0.25, -0.2) is 0 Å². The second-order valence-electron chi connectivity index (χ2n) is 5.75. The molecular formula is C19H23NO2. The SMILES string of the molecule is Cc1ccccc1OCC(=O)N[C@@H](c1ccccc1)C(C)C. The van der Waals surface area contributed by atoms with Crippen molar-refractivity contribution >= 4 is 5.91 Å². The highest BCUT2D eigenvalue weighted by Gasteiger charge is 2.18. The van der Waals surface area contributed by atoms with Gasteiger partial charge >= 0.3 is 0 Å². The normalized spacial score (nSPS) is 12.0. The third kappa shape index (κ3) is 4.35. The van der Waals surface area contributed by atoms with Crippen LogP contribution >= 0.6 is 0 Å². The average molecular weight is 297 g/mol. The lowest BCUT2D eigenvalue weighted by Crippen LogP contribution is -2.35. The summed E-state index contributed by atoms with van der Waals surface area (Å²) in [4.78, 5) is 12.2. The number of hydrogen-bond donors (Lipinski definition) is 1. The third-order valence-corrected chi connectivity index (χ3v) is 3.59. The first kappa shape index (κ1) is 16.1. The summed E-state index contributed by atoms with van der Waals surface area (Å²) in [7, 11) is 0. The molecule has 0 saturated carbocycles. The van der Waals surface area contributed by atoms with E-state index in [4.69, 9.17) is 4.74 Å². The second kappa shape index (κ2) is 7.64. The van der Waals surface area contributed by atoms with Crippen molar-refractivity contribution in [1.29, 1.82) is 0 Å². The molecule has 0 saturated heterocycles. The maximum atomic E-state index is 12.2. The molecule has 0 aliphatic heterocycles. The molecule has 3 nitrogen and oxygen atoms in total. The monoisotopic (exact) mass is 297 g/mol. The van der Waals surface area contributed by atoms with E-state index in [1.165, 1.54) is 0 Å². The molecule has 0 spiro atoms. The Hall–Kier alpha value is -2.29. The lowest BCUT2D eigenvalue weighted by Gasteiger charge is -2.23. The highest BCUT2D eigenvalue weighted by atomic mass is 16.5. The van der Waals surface area contributed by atoms with Crippen molar-refractivity contribution in [3.63, 3.8) is 0 Å². The third-order valence-electron chi connectivity index (χ3n) is 3.59. The minimum Gasteiger partial charge on any atom is -0.484 e. The summed E-state index contributed by atoms with van der Waals surface area (Å²) in [5.74, 6) is 0.953. The van der Waals surface area contributed by atoms with E-state index in [1.807, 2.05) is 61.5 Å². The van der Waals surface area contributed by atoms with Crippen molar-refractivity contribution in [1.82, 2.24) is 5.32 Å². The van der Waals surface area contributed by atoms with Crippen LogP contribution in [0.3, 0.4) is 0 Å². The maximum Gasteiger partial charge on any atom is 0.258 e. The minimum absolute atomic E-state index is 0.00540. The molecule has 1 atom stereocenters. The minimum atomic E-state index is -0.106. The standard InChI is InChI=1S/C19H23NO2/c1-14(2)19(16-10-5-4-6-11-16)20-18(21)13-22-17-12-8-7-9-15(17)3/h4-12,14,19H,13H2,1-3H3,(H,20,21)/t19-/m1/s1. The molecule has 0 fully saturated rings. The van der Waals surface area contributed by atoms with Gasteiger partial charge in [-0.05, 0) is 30.0 Å². The summed E-state index contributed by atoms with van der Waals surface area (Å²) in [5.41, 5.74) is 2.14. The Kier molecular flexibility index (Phi) is 5.59. The summed E-state index contributed by atoms with van der Waals surface area (Å²) in [6.07, 6.45) is 0. The van der Waals surface area contributed by atoms with E-state index < -0.39 is 0 Å². The maximum absolute atomic E-state index is 12.2. The van der Waals surface area contributed by atoms with E-state index in [0.717, 1.165) is 16.9 Å². The Labute approximate surface area is 132 Å². The number of carbonyl (C=O) groups is 1. The molecule has 0 heterocycles. The van der Waals surface area contributed by atoms with Gasteiger partial charge in [0.15, 0.2) is 6.61 Å². The largest absolute Gasteiger partial charge is 0.484 e. The van der Waals surface area contributed by atoms with Crippen molar-refractivity contribution < 1.29 is 9.53 Å². The van der Waals surface area contributed by atoms with Gasteiger partial charge in [0.05, 0.1) is 6.04 Å². The van der Waals surface area contributed by atoms with E-state index in [2.05, 4.69) is 19.2 Å². The molecule has 0 aromatic heterocycles. The summed E-state index contributed by atoms with van der Waals surface area (Å²) in [6, 6.07) is 17.7. The molecule has 2 rings (SSSR count). The predicted molar refractivity (Wildman–Crippen MR) is 88.8 cm³/mol. The molecule has 2 aromatic rings. The lowest BCUT2D eigenvalue weighted by atomic mass is 9.96. The first-order valence-electron chi connectivity index (χ1n) is 7.60. The van der Waals surface area contributed by atoms with Gasteiger partial charge in [-0.2, -0.15) is 0 Å². The Bertz CT molecular complexity index is 608. The Morgan fingerprint density at radius 1 is 1.05 bits per heavy atom. The van der Waals surface area contributed by atoms with Gasteiger partial charge in [0.1, 0.15) is 5.75 Å². The van der Waals surface area contributed by atoms with Gasteiger partial charge in [-0.3, -0.25) is 4.79 Å². The lowest BCUT2D eigenvalue weighted by molar-refractivity contribution is -0.124. The Morgan fingerprint density at radius 3 is 2.32 bits per heavy atom. The Balaban J connectivity index is 1.96. The van der Waals surface area contributed by atoms with E-state index in [0.29, 0.717) is 5.92 Å². The molecule has 3 heteroatoms. The van der Waals surface area contributed by atoms with Gasteiger partial charge in [-0.15, -0.1) is 0 Å².